The van der Waals surface area contributed by atoms with E-state index in [2.05, 4.69) is 15.3 Å². The summed E-state index contributed by atoms with van der Waals surface area (Å²) in [6.07, 6.45) is 1.31. The quantitative estimate of drug-likeness (QED) is 0.429. The fourth-order valence-electron chi connectivity index (χ4n) is 3.66. The van der Waals surface area contributed by atoms with Crippen molar-refractivity contribution in [3.05, 3.63) is 87.9 Å². The first kappa shape index (κ1) is 20.2. The molecule has 2 aromatic carbocycles. The average Bonchev–Trinajstić information content (AvgIpc) is 2.73. The molecule has 156 valence electrons. The number of halogens is 1. The molecule has 0 amide bonds. The van der Waals surface area contributed by atoms with E-state index >= 15 is 0 Å². The highest BCUT2D eigenvalue weighted by Crippen LogP contribution is 2.23. The van der Waals surface area contributed by atoms with Gasteiger partial charge < -0.3 is 16.5 Å². The van der Waals surface area contributed by atoms with Gasteiger partial charge >= 0.3 is 0 Å². The van der Waals surface area contributed by atoms with E-state index in [4.69, 9.17) is 11.1 Å². The van der Waals surface area contributed by atoms with Crippen molar-refractivity contribution < 1.29 is 4.39 Å². The summed E-state index contributed by atoms with van der Waals surface area (Å²) in [6, 6.07) is 13.8. The molecular formula is C23H21FN6O. The molecule has 0 aliphatic heterocycles. The highest BCUT2D eigenvalue weighted by molar-refractivity contribution is 6.04. The summed E-state index contributed by atoms with van der Waals surface area (Å²) in [7, 11) is 0. The number of pyridine rings is 1. The molecule has 0 fully saturated rings. The molecule has 4 aromatic rings. The SMILES string of the molecule is CC(=N)c1c(N)ncnc1NCc1cc2cccc(F)c2c(=O)n1-c1ccccc1C. The maximum Gasteiger partial charge on any atom is 0.266 e. The molecule has 0 saturated carbocycles. The lowest BCUT2D eigenvalue weighted by molar-refractivity contribution is 0.637. The fraction of sp³-hybridized carbons (Fsp3) is 0.130. The minimum Gasteiger partial charge on any atom is -0.383 e. The molecule has 0 aliphatic rings. The third-order valence-electron chi connectivity index (χ3n) is 5.12. The van der Waals surface area contributed by atoms with Crippen molar-refractivity contribution in [3.63, 3.8) is 0 Å². The molecule has 4 N–H and O–H groups in total. The predicted octanol–water partition coefficient (Wildman–Crippen LogP) is 3.81. The summed E-state index contributed by atoms with van der Waals surface area (Å²) in [5, 5.41) is 11.7. The van der Waals surface area contributed by atoms with Gasteiger partial charge in [0, 0.05) is 11.4 Å². The van der Waals surface area contributed by atoms with Crippen LogP contribution >= 0.6 is 0 Å². The van der Waals surface area contributed by atoms with Crippen LogP contribution in [0, 0.1) is 18.2 Å². The number of aryl methyl sites for hydroxylation is 1. The number of nitrogens with zero attached hydrogens (tertiary/aromatic N) is 3. The van der Waals surface area contributed by atoms with Crippen molar-refractivity contribution in [2.75, 3.05) is 11.1 Å². The first-order valence-corrected chi connectivity index (χ1v) is 9.67. The van der Waals surface area contributed by atoms with E-state index in [0.717, 1.165) is 5.56 Å². The van der Waals surface area contributed by atoms with E-state index in [9.17, 15) is 9.18 Å². The Morgan fingerprint density at radius 3 is 2.71 bits per heavy atom. The zero-order valence-electron chi connectivity index (χ0n) is 17.1. The minimum atomic E-state index is -0.561. The van der Waals surface area contributed by atoms with Gasteiger partial charge in [-0.3, -0.25) is 9.36 Å². The number of para-hydroxylation sites is 1. The molecule has 0 spiro atoms. The van der Waals surface area contributed by atoms with E-state index in [1.807, 2.05) is 31.2 Å². The highest BCUT2D eigenvalue weighted by Gasteiger charge is 2.17. The second-order valence-electron chi connectivity index (χ2n) is 7.23. The molecule has 0 aliphatic carbocycles. The molecule has 0 atom stereocenters. The van der Waals surface area contributed by atoms with Crippen LogP contribution in [0.5, 0.6) is 0 Å². The van der Waals surface area contributed by atoms with Crippen LogP contribution in [0.1, 0.15) is 23.7 Å². The summed E-state index contributed by atoms with van der Waals surface area (Å²) in [5.41, 5.74) is 8.26. The van der Waals surface area contributed by atoms with Gasteiger partial charge in [-0.25, -0.2) is 14.4 Å². The summed E-state index contributed by atoms with van der Waals surface area (Å²) < 4.78 is 16.0. The molecule has 0 bridgehead atoms. The number of nitrogens with one attached hydrogen (secondary N) is 2. The zero-order valence-corrected chi connectivity index (χ0v) is 17.1. The minimum absolute atomic E-state index is 0.0387. The first-order chi connectivity index (χ1) is 14.9. The summed E-state index contributed by atoms with van der Waals surface area (Å²) >= 11 is 0. The van der Waals surface area contributed by atoms with Gasteiger partial charge in [-0.15, -0.1) is 0 Å². The topological polar surface area (TPSA) is 110 Å². The number of anilines is 2. The van der Waals surface area contributed by atoms with Crippen LogP contribution < -0.4 is 16.6 Å². The van der Waals surface area contributed by atoms with Crippen molar-refractivity contribution >= 4 is 28.1 Å². The number of hydrogen-bond acceptors (Lipinski definition) is 6. The number of benzene rings is 2. The molecule has 2 aromatic heterocycles. The Morgan fingerprint density at radius 2 is 1.97 bits per heavy atom. The van der Waals surface area contributed by atoms with Gasteiger partial charge in [-0.1, -0.05) is 30.3 Å². The molecule has 8 heteroatoms. The van der Waals surface area contributed by atoms with Gasteiger partial charge in [0.2, 0.25) is 0 Å². The van der Waals surface area contributed by atoms with E-state index in [1.54, 1.807) is 25.1 Å². The van der Waals surface area contributed by atoms with Gasteiger partial charge in [-0.2, -0.15) is 0 Å². The third-order valence-corrected chi connectivity index (χ3v) is 5.12. The maximum absolute atomic E-state index is 14.5. The molecule has 31 heavy (non-hydrogen) atoms. The average molecular weight is 416 g/mol. The summed E-state index contributed by atoms with van der Waals surface area (Å²) in [5.74, 6) is 0.0274. The van der Waals surface area contributed by atoms with Gasteiger partial charge in [0.25, 0.3) is 5.56 Å². The number of nitrogen functional groups attached to an aromatic ring is 1. The Bertz CT molecular complexity index is 1380. The predicted molar refractivity (Wildman–Crippen MR) is 121 cm³/mol. The van der Waals surface area contributed by atoms with Crippen LogP contribution in [0.2, 0.25) is 0 Å². The Kier molecular flexibility index (Phi) is 5.21. The van der Waals surface area contributed by atoms with Crippen LogP contribution in [0.25, 0.3) is 16.5 Å². The van der Waals surface area contributed by atoms with E-state index in [-0.39, 0.29) is 23.5 Å². The summed E-state index contributed by atoms with van der Waals surface area (Å²) in [6.45, 7) is 3.70. The van der Waals surface area contributed by atoms with Crippen molar-refractivity contribution in [2.24, 2.45) is 0 Å². The standard InChI is InChI=1S/C23H21FN6O/c1-13-6-3-4-9-18(13)30-16(10-15-7-5-8-17(24)20(15)23(30)31)11-27-22-19(14(2)25)21(26)28-12-29-22/h3-10,12,25H,11H2,1-2H3,(H3,26,27,28,29). The fourth-order valence-corrected chi connectivity index (χ4v) is 3.66. The Labute approximate surface area is 177 Å². The Morgan fingerprint density at radius 1 is 1.19 bits per heavy atom. The number of nitrogens with two attached hydrogens (primary N) is 1. The molecule has 7 nitrogen and oxygen atoms in total. The van der Waals surface area contributed by atoms with Gasteiger partial charge in [0.1, 0.15) is 23.8 Å². The number of fused-ring (bicyclic) bond motifs is 1. The molecule has 0 radical (unpaired) electrons. The van der Waals surface area contributed by atoms with Gasteiger partial charge in [0.15, 0.2) is 0 Å². The second-order valence-corrected chi connectivity index (χ2v) is 7.23. The van der Waals surface area contributed by atoms with Crippen molar-refractivity contribution in [3.8, 4) is 5.69 Å². The van der Waals surface area contributed by atoms with Crippen LogP contribution in [0.3, 0.4) is 0 Å². The lowest BCUT2D eigenvalue weighted by atomic mass is 10.1. The Hall–Kier alpha value is -4.07. The van der Waals surface area contributed by atoms with E-state index < -0.39 is 11.4 Å². The van der Waals surface area contributed by atoms with Crippen molar-refractivity contribution in [2.45, 2.75) is 20.4 Å². The second kappa shape index (κ2) is 7.98. The van der Waals surface area contributed by atoms with Crippen molar-refractivity contribution in [1.82, 2.24) is 14.5 Å². The molecule has 2 heterocycles. The zero-order chi connectivity index (χ0) is 22.1. The van der Waals surface area contributed by atoms with Crippen LogP contribution in [-0.2, 0) is 6.54 Å². The van der Waals surface area contributed by atoms with E-state index in [1.165, 1.54) is 17.0 Å². The number of rotatable bonds is 5. The maximum atomic E-state index is 14.5. The molecule has 4 rings (SSSR count). The van der Waals surface area contributed by atoms with Gasteiger partial charge in [-0.05, 0) is 43.0 Å². The van der Waals surface area contributed by atoms with Crippen LogP contribution in [-0.4, -0.2) is 20.2 Å². The lowest BCUT2D eigenvalue weighted by Gasteiger charge is -2.18. The Balaban J connectivity index is 1.90. The van der Waals surface area contributed by atoms with E-state index in [0.29, 0.717) is 28.1 Å². The smallest absolute Gasteiger partial charge is 0.266 e. The normalized spacial score (nSPS) is 10.9. The number of aromatic nitrogens is 3. The molecular weight excluding hydrogens is 395 g/mol. The largest absolute Gasteiger partial charge is 0.383 e. The third kappa shape index (κ3) is 3.63. The van der Waals surface area contributed by atoms with Crippen LogP contribution in [0.4, 0.5) is 16.0 Å². The first-order valence-electron chi connectivity index (χ1n) is 9.67. The number of hydrogen-bond donors (Lipinski definition) is 3. The summed E-state index contributed by atoms with van der Waals surface area (Å²) in [4.78, 5) is 21.5. The van der Waals surface area contributed by atoms with Gasteiger partial charge in [0.05, 0.1) is 23.2 Å². The lowest BCUT2D eigenvalue weighted by Crippen LogP contribution is -2.25. The monoisotopic (exact) mass is 416 g/mol. The highest BCUT2D eigenvalue weighted by atomic mass is 19.1. The molecule has 0 unspecified atom stereocenters. The van der Waals surface area contributed by atoms with Crippen LogP contribution in [0.15, 0.2) is 59.7 Å². The van der Waals surface area contributed by atoms with Crippen molar-refractivity contribution in [1.29, 1.82) is 5.41 Å². The molecule has 0 saturated heterocycles.